The van der Waals surface area contributed by atoms with Crippen molar-refractivity contribution < 1.29 is 18.0 Å². The number of nitrogens with one attached hydrogen (secondary N) is 2. The highest BCUT2D eigenvalue weighted by Crippen LogP contribution is 2.21. The molecular weight excluding hydrogens is 438 g/mol. The maximum atomic E-state index is 12.7. The third-order valence-corrected chi connectivity index (χ3v) is 5.74. The molecule has 4 N–H and O–H groups in total. The Bertz CT molecular complexity index is 1180. The van der Waals surface area contributed by atoms with Gasteiger partial charge in [0.1, 0.15) is 0 Å². The Morgan fingerprint density at radius 3 is 2.13 bits per heavy atom. The van der Waals surface area contributed by atoms with Crippen molar-refractivity contribution in [2.45, 2.75) is 17.4 Å². The van der Waals surface area contributed by atoms with Crippen molar-refractivity contribution in [3.63, 3.8) is 0 Å². The number of nitrogens with two attached hydrogens (primary N) is 1. The molecule has 0 spiro atoms. The van der Waals surface area contributed by atoms with E-state index in [2.05, 4.69) is 10.6 Å². The lowest BCUT2D eigenvalue weighted by Crippen LogP contribution is -2.31. The number of primary sulfonamides is 1. The summed E-state index contributed by atoms with van der Waals surface area (Å²) in [6, 6.07) is 20.6. The number of halogens is 1. The van der Waals surface area contributed by atoms with Crippen molar-refractivity contribution in [3.8, 4) is 0 Å². The standard InChI is InChI=1S/C22H20ClN3O4S/c23-19-9-5-4-8-18(19)22(28)26-20(15-6-2-1-3-7-15)14-21(27)25-16-10-12-17(13-11-16)31(24,29)30/h1-13,20H,14H2,(H,25,27)(H,26,28)(H2,24,29,30)/t20-/m0/s1. The normalized spacial score (nSPS) is 12.1. The fraction of sp³-hybridized carbons (Fsp3) is 0.0909. The molecule has 160 valence electrons. The molecule has 0 saturated carbocycles. The fourth-order valence-electron chi connectivity index (χ4n) is 2.94. The summed E-state index contributed by atoms with van der Waals surface area (Å²) in [4.78, 5) is 25.3. The molecule has 0 aliphatic rings. The molecule has 0 aliphatic carbocycles. The molecule has 0 fully saturated rings. The molecule has 0 unspecified atom stereocenters. The van der Waals surface area contributed by atoms with E-state index in [9.17, 15) is 18.0 Å². The zero-order chi connectivity index (χ0) is 22.4. The van der Waals surface area contributed by atoms with Gasteiger partial charge in [0.2, 0.25) is 15.9 Å². The van der Waals surface area contributed by atoms with Crippen LogP contribution in [0.2, 0.25) is 5.02 Å². The summed E-state index contributed by atoms with van der Waals surface area (Å²) in [5.41, 5.74) is 1.47. The van der Waals surface area contributed by atoms with Crippen LogP contribution in [0.1, 0.15) is 28.4 Å². The van der Waals surface area contributed by atoms with Gasteiger partial charge in [0.05, 0.1) is 27.9 Å². The van der Waals surface area contributed by atoms with E-state index in [1.54, 1.807) is 24.3 Å². The van der Waals surface area contributed by atoms with Crippen LogP contribution in [0.3, 0.4) is 0 Å². The van der Waals surface area contributed by atoms with Gasteiger partial charge in [-0.3, -0.25) is 9.59 Å². The first-order valence-electron chi connectivity index (χ1n) is 9.27. The first-order chi connectivity index (χ1) is 14.7. The second-order valence-corrected chi connectivity index (χ2v) is 8.71. The van der Waals surface area contributed by atoms with Gasteiger partial charge in [-0.25, -0.2) is 13.6 Å². The van der Waals surface area contributed by atoms with Crippen molar-refractivity contribution >= 4 is 39.1 Å². The van der Waals surface area contributed by atoms with E-state index in [1.807, 2.05) is 30.3 Å². The van der Waals surface area contributed by atoms with Crippen LogP contribution in [-0.4, -0.2) is 20.2 Å². The van der Waals surface area contributed by atoms with E-state index in [0.29, 0.717) is 16.3 Å². The Labute approximate surface area is 185 Å². The molecule has 31 heavy (non-hydrogen) atoms. The average molecular weight is 458 g/mol. The lowest BCUT2D eigenvalue weighted by atomic mass is 10.0. The Morgan fingerprint density at radius 1 is 0.903 bits per heavy atom. The maximum absolute atomic E-state index is 12.7. The van der Waals surface area contributed by atoms with Gasteiger partial charge in [-0.1, -0.05) is 54.1 Å². The topological polar surface area (TPSA) is 118 Å². The molecule has 0 aromatic heterocycles. The summed E-state index contributed by atoms with van der Waals surface area (Å²) in [6.07, 6.45) is -0.0445. The second-order valence-electron chi connectivity index (χ2n) is 6.74. The number of carbonyl (C=O) groups excluding carboxylic acids is 2. The van der Waals surface area contributed by atoms with Gasteiger partial charge in [0, 0.05) is 5.69 Å². The third-order valence-electron chi connectivity index (χ3n) is 4.48. The molecule has 0 saturated heterocycles. The monoisotopic (exact) mass is 457 g/mol. The SMILES string of the molecule is NS(=O)(=O)c1ccc(NC(=O)C[C@H](NC(=O)c2ccccc2Cl)c2ccccc2)cc1. The second kappa shape index (κ2) is 9.74. The summed E-state index contributed by atoms with van der Waals surface area (Å²) in [5.74, 6) is -0.763. The Balaban J connectivity index is 1.75. The Morgan fingerprint density at radius 2 is 1.52 bits per heavy atom. The smallest absolute Gasteiger partial charge is 0.253 e. The molecule has 2 amide bonds. The number of rotatable bonds is 7. The van der Waals surface area contributed by atoms with E-state index in [0.717, 1.165) is 5.56 Å². The van der Waals surface area contributed by atoms with Crippen LogP contribution in [0.25, 0.3) is 0 Å². The van der Waals surface area contributed by atoms with Crippen molar-refractivity contribution in [3.05, 3.63) is 95.0 Å². The minimum absolute atomic E-state index is 0.0445. The van der Waals surface area contributed by atoms with Crippen molar-refractivity contribution in [2.24, 2.45) is 5.14 Å². The highest BCUT2D eigenvalue weighted by Gasteiger charge is 2.20. The molecule has 0 aliphatic heterocycles. The first kappa shape index (κ1) is 22.5. The van der Waals surface area contributed by atoms with Crippen molar-refractivity contribution in [1.82, 2.24) is 5.32 Å². The lowest BCUT2D eigenvalue weighted by molar-refractivity contribution is -0.116. The number of hydrogen-bond acceptors (Lipinski definition) is 4. The van der Waals surface area contributed by atoms with E-state index < -0.39 is 22.0 Å². The lowest BCUT2D eigenvalue weighted by Gasteiger charge is -2.19. The van der Waals surface area contributed by atoms with Crippen LogP contribution in [0, 0.1) is 0 Å². The van der Waals surface area contributed by atoms with Crippen LogP contribution < -0.4 is 15.8 Å². The molecule has 3 rings (SSSR count). The largest absolute Gasteiger partial charge is 0.345 e. The van der Waals surface area contributed by atoms with Gasteiger partial charge in [0.15, 0.2) is 0 Å². The number of carbonyl (C=O) groups is 2. The van der Waals surface area contributed by atoms with Gasteiger partial charge in [-0.15, -0.1) is 0 Å². The quantitative estimate of drug-likeness (QED) is 0.503. The van der Waals surface area contributed by atoms with E-state index >= 15 is 0 Å². The number of hydrogen-bond donors (Lipinski definition) is 3. The molecule has 0 radical (unpaired) electrons. The zero-order valence-corrected chi connectivity index (χ0v) is 17.9. The van der Waals surface area contributed by atoms with E-state index in [1.165, 1.54) is 24.3 Å². The van der Waals surface area contributed by atoms with Crippen LogP contribution in [0.5, 0.6) is 0 Å². The highest BCUT2D eigenvalue weighted by molar-refractivity contribution is 7.89. The Hall–Kier alpha value is -3.20. The number of sulfonamides is 1. The van der Waals surface area contributed by atoms with Gasteiger partial charge >= 0.3 is 0 Å². The van der Waals surface area contributed by atoms with Gasteiger partial charge < -0.3 is 10.6 Å². The number of anilines is 1. The van der Waals surface area contributed by atoms with Gasteiger partial charge in [-0.05, 0) is 42.0 Å². The van der Waals surface area contributed by atoms with Crippen LogP contribution in [0.4, 0.5) is 5.69 Å². The molecule has 0 heterocycles. The molecule has 1 atom stereocenters. The zero-order valence-electron chi connectivity index (χ0n) is 16.3. The average Bonchev–Trinajstić information content (AvgIpc) is 2.74. The third kappa shape index (κ3) is 6.14. The highest BCUT2D eigenvalue weighted by atomic mass is 35.5. The summed E-state index contributed by atoms with van der Waals surface area (Å²) < 4.78 is 22.7. The van der Waals surface area contributed by atoms with Crippen molar-refractivity contribution in [2.75, 3.05) is 5.32 Å². The molecule has 3 aromatic carbocycles. The van der Waals surface area contributed by atoms with Crippen LogP contribution in [-0.2, 0) is 14.8 Å². The maximum Gasteiger partial charge on any atom is 0.253 e. The molecule has 0 bridgehead atoms. The summed E-state index contributed by atoms with van der Waals surface area (Å²) >= 11 is 6.11. The fourth-order valence-corrected chi connectivity index (χ4v) is 3.68. The number of amides is 2. The summed E-state index contributed by atoms with van der Waals surface area (Å²) in [6.45, 7) is 0. The predicted molar refractivity (Wildman–Crippen MR) is 119 cm³/mol. The van der Waals surface area contributed by atoms with Gasteiger partial charge in [-0.2, -0.15) is 0 Å². The summed E-state index contributed by atoms with van der Waals surface area (Å²) in [7, 11) is -3.82. The number of benzene rings is 3. The minimum Gasteiger partial charge on any atom is -0.345 e. The molecular formula is C22H20ClN3O4S. The van der Waals surface area contributed by atoms with Gasteiger partial charge in [0.25, 0.3) is 5.91 Å². The molecule has 7 nitrogen and oxygen atoms in total. The van der Waals surface area contributed by atoms with Crippen LogP contribution in [0.15, 0.2) is 83.8 Å². The molecule has 3 aromatic rings. The summed E-state index contributed by atoms with van der Waals surface area (Å²) in [5, 5.41) is 10.9. The molecule has 9 heteroatoms. The van der Waals surface area contributed by atoms with E-state index in [4.69, 9.17) is 16.7 Å². The first-order valence-corrected chi connectivity index (χ1v) is 11.2. The van der Waals surface area contributed by atoms with Crippen LogP contribution >= 0.6 is 11.6 Å². The van der Waals surface area contributed by atoms with Crippen molar-refractivity contribution in [1.29, 1.82) is 0 Å². The van der Waals surface area contributed by atoms with E-state index in [-0.39, 0.29) is 17.2 Å². The Kier molecular flexibility index (Phi) is 7.06. The predicted octanol–water partition coefficient (Wildman–Crippen LogP) is 3.49. The minimum atomic E-state index is -3.82.